The minimum Gasteiger partial charge on any atom is -0.488 e. The van der Waals surface area contributed by atoms with E-state index in [0.717, 1.165) is 11.6 Å². The molecule has 1 N–H and O–H groups in total. The first kappa shape index (κ1) is 21.3. The van der Waals surface area contributed by atoms with Crippen molar-refractivity contribution in [3.05, 3.63) is 100 Å². The molecule has 1 aliphatic heterocycles. The van der Waals surface area contributed by atoms with Crippen LogP contribution in [0, 0.1) is 5.82 Å². The molecule has 0 spiro atoms. The molecule has 0 atom stereocenters. The number of nitrogens with zero attached hydrogens (tertiary/aromatic N) is 1. The van der Waals surface area contributed by atoms with Gasteiger partial charge in [0.05, 0.1) is 5.69 Å². The van der Waals surface area contributed by atoms with E-state index in [1.54, 1.807) is 36.4 Å². The van der Waals surface area contributed by atoms with E-state index in [1.807, 2.05) is 12.1 Å². The zero-order valence-corrected chi connectivity index (χ0v) is 17.3. The van der Waals surface area contributed by atoms with E-state index in [1.165, 1.54) is 24.3 Å². The van der Waals surface area contributed by atoms with Crippen molar-refractivity contribution in [2.75, 3.05) is 4.90 Å². The Morgan fingerprint density at radius 3 is 2.47 bits per heavy atom. The fourth-order valence-electron chi connectivity index (χ4n) is 3.14. The fraction of sp³-hybridized carbons (Fsp3) is 0.0417. The van der Waals surface area contributed by atoms with Crippen LogP contribution in [0.2, 0.25) is 5.02 Å². The number of hydrogen-bond acceptors (Lipinski definition) is 4. The summed E-state index contributed by atoms with van der Waals surface area (Å²) in [6.07, 6.45) is 1.34. The van der Waals surface area contributed by atoms with Gasteiger partial charge in [0.2, 0.25) is 0 Å². The van der Waals surface area contributed by atoms with Gasteiger partial charge in [-0.05, 0) is 48.0 Å². The van der Waals surface area contributed by atoms with Gasteiger partial charge in [-0.25, -0.2) is 14.1 Å². The molecule has 0 aliphatic carbocycles. The van der Waals surface area contributed by atoms with Crippen LogP contribution in [0.25, 0.3) is 6.08 Å². The number of amides is 4. The van der Waals surface area contributed by atoms with Crippen molar-refractivity contribution in [2.24, 2.45) is 0 Å². The third kappa shape index (κ3) is 4.53. The summed E-state index contributed by atoms with van der Waals surface area (Å²) in [4.78, 5) is 38.4. The first-order valence-electron chi connectivity index (χ1n) is 9.55. The number of rotatable bonds is 5. The van der Waals surface area contributed by atoms with Gasteiger partial charge in [-0.1, -0.05) is 48.0 Å². The molecule has 0 radical (unpaired) electrons. The van der Waals surface area contributed by atoms with Gasteiger partial charge >= 0.3 is 6.03 Å². The Morgan fingerprint density at radius 2 is 1.72 bits per heavy atom. The molecule has 0 aromatic heterocycles. The van der Waals surface area contributed by atoms with Gasteiger partial charge in [-0.3, -0.25) is 14.9 Å². The van der Waals surface area contributed by atoms with Gasteiger partial charge in [0.15, 0.2) is 0 Å². The van der Waals surface area contributed by atoms with Crippen molar-refractivity contribution in [3.63, 3.8) is 0 Å². The van der Waals surface area contributed by atoms with Gasteiger partial charge in [0, 0.05) is 10.6 Å². The molecule has 160 valence electrons. The molecule has 1 saturated heterocycles. The second-order valence-corrected chi connectivity index (χ2v) is 7.33. The molecule has 1 fully saturated rings. The molecule has 3 aromatic carbocycles. The maximum Gasteiger partial charge on any atom is 0.335 e. The number of carbonyl (C=O) groups excluding carboxylic acids is 3. The monoisotopic (exact) mass is 450 g/mol. The Hall–Kier alpha value is -3.97. The average molecular weight is 451 g/mol. The highest BCUT2D eigenvalue weighted by atomic mass is 35.5. The number of halogens is 2. The van der Waals surface area contributed by atoms with Crippen LogP contribution in [0.15, 0.2) is 78.4 Å². The molecule has 0 saturated carbocycles. The number of urea groups is 1. The van der Waals surface area contributed by atoms with E-state index < -0.39 is 23.7 Å². The van der Waals surface area contributed by atoms with Crippen LogP contribution in [-0.4, -0.2) is 17.8 Å². The Labute approximate surface area is 187 Å². The van der Waals surface area contributed by atoms with Crippen LogP contribution in [0.5, 0.6) is 5.75 Å². The number of benzene rings is 3. The van der Waals surface area contributed by atoms with Crippen LogP contribution in [0.1, 0.15) is 11.1 Å². The van der Waals surface area contributed by atoms with E-state index in [0.29, 0.717) is 21.2 Å². The predicted molar refractivity (Wildman–Crippen MR) is 118 cm³/mol. The van der Waals surface area contributed by atoms with Crippen molar-refractivity contribution in [1.29, 1.82) is 0 Å². The largest absolute Gasteiger partial charge is 0.488 e. The molecule has 8 heteroatoms. The summed E-state index contributed by atoms with van der Waals surface area (Å²) in [5, 5.41) is 2.72. The number of imide groups is 2. The van der Waals surface area contributed by atoms with Crippen molar-refractivity contribution >= 4 is 41.2 Å². The lowest BCUT2D eigenvalue weighted by Crippen LogP contribution is -2.54. The molecule has 1 heterocycles. The lowest BCUT2D eigenvalue weighted by atomic mass is 10.1. The molecule has 0 bridgehead atoms. The first-order chi connectivity index (χ1) is 15.4. The van der Waals surface area contributed by atoms with Gasteiger partial charge < -0.3 is 4.74 Å². The summed E-state index contributed by atoms with van der Waals surface area (Å²) in [6.45, 7) is 0.241. The molecule has 6 nitrogen and oxygen atoms in total. The Bertz CT molecular complexity index is 1240. The number of carbonyl (C=O) groups is 3. The molecule has 4 rings (SSSR count). The standard InChI is InChI=1S/C24H16ClFN2O4/c25-17-10-8-15(9-11-17)14-32-21-7-2-1-4-16(21)12-20-22(29)27-24(31)28(23(20)30)19-6-3-5-18(26)13-19/h1-13H,14H2,(H,27,29,31)/b20-12+. The number of hydrogen-bond donors (Lipinski definition) is 1. The second-order valence-electron chi connectivity index (χ2n) is 6.89. The minimum atomic E-state index is -0.949. The Morgan fingerprint density at radius 1 is 0.969 bits per heavy atom. The maximum absolute atomic E-state index is 13.6. The summed E-state index contributed by atoms with van der Waals surface area (Å²) < 4.78 is 19.5. The van der Waals surface area contributed by atoms with E-state index >= 15 is 0 Å². The van der Waals surface area contributed by atoms with Crippen LogP contribution in [0.4, 0.5) is 14.9 Å². The van der Waals surface area contributed by atoms with E-state index in [4.69, 9.17) is 16.3 Å². The van der Waals surface area contributed by atoms with E-state index in [9.17, 15) is 18.8 Å². The topological polar surface area (TPSA) is 75.7 Å². The number of para-hydroxylation sites is 1. The number of ether oxygens (including phenoxy) is 1. The highest BCUT2D eigenvalue weighted by Crippen LogP contribution is 2.26. The highest BCUT2D eigenvalue weighted by molar-refractivity contribution is 6.39. The summed E-state index contributed by atoms with van der Waals surface area (Å²) in [7, 11) is 0. The Balaban J connectivity index is 1.63. The van der Waals surface area contributed by atoms with Crippen molar-refractivity contribution in [1.82, 2.24) is 5.32 Å². The molecule has 3 aromatic rings. The number of barbiturate groups is 1. The van der Waals surface area contributed by atoms with Crippen molar-refractivity contribution < 1.29 is 23.5 Å². The highest BCUT2D eigenvalue weighted by Gasteiger charge is 2.37. The lowest BCUT2D eigenvalue weighted by Gasteiger charge is -2.26. The molecular weight excluding hydrogens is 435 g/mol. The zero-order valence-electron chi connectivity index (χ0n) is 16.5. The molecule has 0 unspecified atom stereocenters. The van der Waals surface area contributed by atoms with Crippen molar-refractivity contribution in [2.45, 2.75) is 6.61 Å². The summed E-state index contributed by atoms with van der Waals surface area (Å²) in [5.41, 5.74) is 1.08. The van der Waals surface area contributed by atoms with Gasteiger partial charge in [-0.2, -0.15) is 0 Å². The predicted octanol–water partition coefficient (Wildman–Crippen LogP) is 4.72. The van der Waals surface area contributed by atoms with E-state index in [-0.39, 0.29) is 17.9 Å². The van der Waals surface area contributed by atoms with Gasteiger partial charge in [-0.15, -0.1) is 0 Å². The number of nitrogens with one attached hydrogen (secondary N) is 1. The summed E-state index contributed by atoms with van der Waals surface area (Å²) in [6, 6.07) is 18.0. The third-order valence-corrected chi connectivity index (χ3v) is 4.95. The van der Waals surface area contributed by atoms with Crippen LogP contribution >= 0.6 is 11.6 Å². The van der Waals surface area contributed by atoms with Crippen LogP contribution in [0.3, 0.4) is 0 Å². The molecule has 32 heavy (non-hydrogen) atoms. The van der Waals surface area contributed by atoms with Crippen molar-refractivity contribution in [3.8, 4) is 5.75 Å². The SMILES string of the molecule is O=C1NC(=O)N(c2cccc(F)c2)C(=O)/C1=C/c1ccccc1OCc1ccc(Cl)cc1. The fourth-order valence-corrected chi connectivity index (χ4v) is 3.26. The number of anilines is 1. The average Bonchev–Trinajstić information content (AvgIpc) is 2.77. The smallest absolute Gasteiger partial charge is 0.335 e. The third-order valence-electron chi connectivity index (χ3n) is 4.69. The first-order valence-corrected chi connectivity index (χ1v) is 9.93. The Kier molecular flexibility index (Phi) is 6.00. The second kappa shape index (κ2) is 9.03. The lowest BCUT2D eigenvalue weighted by molar-refractivity contribution is -0.122. The van der Waals surface area contributed by atoms with Gasteiger partial charge in [0.1, 0.15) is 23.7 Å². The molecule has 1 aliphatic rings. The zero-order chi connectivity index (χ0) is 22.7. The molecular formula is C24H16ClFN2O4. The minimum absolute atomic E-state index is 0.0122. The quantitative estimate of drug-likeness (QED) is 0.450. The molecule has 4 amide bonds. The normalized spacial score (nSPS) is 15.1. The van der Waals surface area contributed by atoms with Gasteiger partial charge in [0.25, 0.3) is 11.8 Å². The van der Waals surface area contributed by atoms with Crippen LogP contribution < -0.4 is 15.0 Å². The van der Waals surface area contributed by atoms with Crippen LogP contribution in [-0.2, 0) is 16.2 Å². The van der Waals surface area contributed by atoms with E-state index in [2.05, 4.69) is 5.32 Å². The summed E-state index contributed by atoms with van der Waals surface area (Å²) >= 11 is 5.90. The summed E-state index contributed by atoms with van der Waals surface area (Å²) in [5.74, 6) is -1.90. The maximum atomic E-state index is 13.6.